The van der Waals surface area contributed by atoms with E-state index in [0.717, 1.165) is 36.1 Å². The fourth-order valence-electron chi connectivity index (χ4n) is 7.43. The highest BCUT2D eigenvalue weighted by Crippen LogP contribution is 2.51. The molecule has 5 N–H and O–H groups in total. The summed E-state index contributed by atoms with van der Waals surface area (Å²) in [5.41, 5.74) is 8.18. The minimum atomic E-state index is -4.56. The van der Waals surface area contributed by atoms with E-state index in [1.165, 1.54) is 0 Å². The Morgan fingerprint density at radius 3 is 2.14 bits per heavy atom. The normalized spacial score (nSPS) is 17.1. The van der Waals surface area contributed by atoms with E-state index in [4.69, 9.17) is 5.73 Å². The predicted octanol–water partition coefficient (Wildman–Crippen LogP) is 5.11. The molecule has 5 rings (SSSR count). The molecular weight excluding hydrogens is 659 g/mol. The molecule has 9 nitrogen and oxygen atoms in total. The van der Waals surface area contributed by atoms with Crippen LogP contribution in [0.4, 0.5) is 13.2 Å². The molecule has 2 atom stereocenters. The maximum absolute atomic E-state index is 13.7. The number of alkyl halides is 3. The number of unbranched alkanes of at least 4 members (excludes halogenated alkanes) is 2. The predicted molar refractivity (Wildman–Crippen MR) is 188 cm³/mol. The monoisotopic (exact) mass is 705 g/mol. The van der Waals surface area contributed by atoms with Gasteiger partial charge in [0.1, 0.15) is 18.0 Å². The summed E-state index contributed by atoms with van der Waals surface area (Å²) in [6.45, 7) is 0.210. The molecule has 0 saturated carbocycles. The first-order chi connectivity index (χ1) is 24.5. The van der Waals surface area contributed by atoms with Crippen molar-refractivity contribution in [2.75, 3.05) is 19.6 Å². The second-order valence-corrected chi connectivity index (χ2v) is 13.4. The molecule has 0 bridgehead atoms. The zero-order valence-electron chi connectivity index (χ0n) is 28.6. The van der Waals surface area contributed by atoms with E-state index >= 15 is 0 Å². The van der Waals surface area contributed by atoms with Gasteiger partial charge in [-0.05, 0) is 66.5 Å². The average molecular weight is 706 g/mol. The molecule has 1 heterocycles. The van der Waals surface area contributed by atoms with Gasteiger partial charge in [0.15, 0.2) is 0 Å². The Morgan fingerprint density at radius 1 is 0.843 bits per heavy atom. The van der Waals surface area contributed by atoms with Gasteiger partial charge >= 0.3 is 6.18 Å². The number of halogens is 3. The first kappa shape index (κ1) is 37.5. The highest BCUT2D eigenvalue weighted by Gasteiger charge is 2.49. The van der Waals surface area contributed by atoms with Crippen molar-refractivity contribution in [2.45, 2.75) is 88.0 Å². The van der Waals surface area contributed by atoms with Crippen molar-refractivity contribution in [1.82, 2.24) is 20.9 Å². The van der Waals surface area contributed by atoms with Gasteiger partial charge in [0.2, 0.25) is 23.6 Å². The van der Waals surface area contributed by atoms with Crippen LogP contribution in [-0.4, -0.2) is 66.4 Å². The van der Waals surface area contributed by atoms with E-state index in [1.54, 1.807) is 24.3 Å². The van der Waals surface area contributed by atoms with Crippen LogP contribution in [0.2, 0.25) is 0 Å². The van der Waals surface area contributed by atoms with Gasteiger partial charge in [0.25, 0.3) is 0 Å². The quantitative estimate of drug-likeness (QED) is 0.154. The van der Waals surface area contributed by atoms with Crippen molar-refractivity contribution < 1.29 is 32.3 Å². The van der Waals surface area contributed by atoms with Gasteiger partial charge in [-0.25, -0.2) is 0 Å². The Kier molecular flexibility index (Phi) is 12.5. The number of nitrogens with two attached hydrogens (primary N) is 1. The zero-order chi connectivity index (χ0) is 36.4. The van der Waals surface area contributed by atoms with E-state index in [-0.39, 0.29) is 31.7 Å². The van der Waals surface area contributed by atoms with E-state index in [1.807, 2.05) is 54.6 Å². The van der Waals surface area contributed by atoms with Crippen LogP contribution in [0.15, 0.2) is 78.9 Å². The summed E-state index contributed by atoms with van der Waals surface area (Å²) in [5, 5.41) is 7.90. The number of benzene rings is 3. The van der Waals surface area contributed by atoms with Gasteiger partial charge < -0.3 is 21.7 Å². The average Bonchev–Trinajstić information content (AvgIpc) is 3.41. The van der Waals surface area contributed by atoms with Crippen molar-refractivity contribution in [3.05, 3.63) is 95.6 Å². The number of nitrogens with zero attached hydrogens (tertiary/aromatic N) is 1. The Hall–Kier alpha value is -4.71. The number of primary amides is 1. The lowest BCUT2D eigenvalue weighted by Crippen LogP contribution is -2.55. The molecule has 3 aromatic rings. The van der Waals surface area contributed by atoms with Crippen molar-refractivity contribution in [1.29, 1.82) is 0 Å². The maximum atomic E-state index is 13.7. The van der Waals surface area contributed by atoms with Crippen LogP contribution in [0.3, 0.4) is 0 Å². The molecule has 4 amide bonds. The number of rotatable bonds is 16. The highest BCUT2D eigenvalue weighted by molar-refractivity contribution is 6.00. The largest absolute Gasteiger partial charge is 0.405 e. The Balaban J connectivity index is 1.19. The SMILES string of the molecule is NC(=O)CC[C@@H](NC(=O)C1CCCCN1Cc1ccccc1)C(=O)NCCCCCC1(C(=O)NCC(F)(F)F)c2ccccc2-c2ccccc21. The maximum Gasteiger partial charge on any atom is 0.405 e. The summed E-state index contributed by atoms with van der Waals surface area (Å²) in [5.74, 6) is -1.95. The Bertz CT molecular complexity index is 1640. The number of likely N-dealkylation sites (tertiary alicyclic amines) is 1. The number of fused-ring (bicyclic) bond motifs is 3. The fourth-order valence-corrected chi connectivity index (χ4v) is 7.43. The molecule has 272 valence electrons. The number of carbonyl (C=O) groups excluding carboxylic acids is 4. The third kappa shape index (κ3) is 9.35. The summed E-state index contributed by atoms with van der Waals surface area (Å²) in [7, 11) is 0. The molecule has 2 aliphatic rings. The van der Waals surface area contributed by atoms with Crippen LogP contribution in [0.5, 0.6) is 0 Å². The molecule has 3 aromatic carbocycles. The number of hydrogen-bond acceptors (Lipinski definition) is 5. The van der Waals surface area contributed by atoms with Crippen LogP contribution in [0.1, 0.15) is 74.5 Å². The summed E-state index contributed by atoms with van der Waals surface area (Å²) in [6, 6.07) is 23.2. The van der Waals surface area contributed by atoms with E-state index in [0.29, 0.717) is 43.4 Å². The van der Waals surface area contributed by atoms with Crippen LogP contribution < -0.4 is 21.7 Å². The summed E-state index contributed by atoms with van der Waals surface area (Å²) in [6.07, 6.45) is -0.162. The number of amides is 4. The molecular formula is C39H46F3N5O4. The third-order valence-corrected chi connectivity index (χ3v) is 9.89. The van der Waals surface area contributed by atoms with Crippen molar-refractivity contribution in [3.8, 4) is 11.1 Å². The highest BCUT2D eigenvalue weighted by atomic mass is 19.4. The van der Waals surface area contributed by atoms with Gasteiger partial charge in [-0.2, -0.15) is 13.2 Å². The molecule has 51 heavy (non-hydrogen) atoms. The molecule has 1 unspecified atom stereocenters. The molecule has 1 aliphatic carbocycles. The molecule has 0 radical (unpaired) electrons. The lowest BCUT2D eigenvalue weighted by Gasteiger charge is -2.35. The number of hydrogen-bond donors (Lipinski definition) is 4. The van der Waals surface area contributed by atoms with Crippen LogP contribution >= 0.6 is 0 Å². The fraction of sp³-hybridized carbons (Fsp3) is 0.436. The second kappa shape index (κ2) is 17.0. The van der Waals surface area contributed by atoms with E-state index in [2.05, 4.69) is 20.9 Å². The van der Waals surface area contributed by atoms with Crippen LogP contribution in [0, 0.1) is 0 Å². The molecule has 1 fully saturated rings. The smallest absolute Gasteiger partial charge is 0.370 e. The van der Waals surface area contributed by atoms with E-state index < -0.39 is 47.9 Å². The number of carbonyl (C=O) groups is 4. The van der Waals surface area contributed by atoms with Gasteiger partial charge in [-0.3, -0.25) is 24.1 Å². The molecule has 12 heteroatoms. The van der Waals surface area contributed by atoms with Gasteiger partial charge in [-0.1, -0.05) is 98.1 Å². The standard InChI is InChI=1S/C39H46F3N5O4/c40-39(41,42)26-45-37(51)38(30-17-7-5-15-28(30)29-16-6-8-18-31(29)38)22-10-2-11-23-44-35(49)32(20-21-34(43)48)46-36(50)33-19-9-12-24-47(33)25-27-13-3-1-4-14-27/h1,3-8,13-18,32-33H,2,9-12,19-26H2,(H2,43,48)(H,44,49)(H,45,51)(H,46,50)/t32-,33?/m1/s1. The molecule has 0 aromatic heterocycles. The summed E-state index contributed by atoms with van der Waals surface area (Å²) < 4.78 is 39.6. The Labute approximate surface area is 296 Å². The van der Waals surface area contributed by atoms with Crippen molar-refractivity contribution >= 4 is 23.6 Å². The van der Waals surface area contributed by atoms with Crippen molar-refractivity contribution in [2.24, 2.45) is 5.73 Å². The Morgan fingerprint density at radius 2 is 1.49 bits per heavy atom. The molecule has 0 spiro atoms. The van der Waals surface area contributed by atoms with Crippen molar-refractivity contribution in [3.63, 3.8) is 0 Å². The van der Waals surface area contributed by atoms with Gasteiger partial charge in [-0.15, -0.1) is 0 Å². The van der Waals surface area contributed by atoms with Gasteiger partial charge in [0, 0.05) is 19.5 Å². The first-order valence-corrected chi connectivity index (χ1v) is 17.7. The number of piperidine rings is 1. The number of nitrogens with one attached hydrogen (secondary N) is 3. The lowest BCUT2D eigenvalue weighted by atomic mass is 9.73. The lowest BCUT2D eigenvalue weighted by molar-refractivity contribution is -0.141. The van der Waals surface area contributed by atoms with Crippen LogP contribution in [-0.2, 0) is 31.1 Å². The topological polar surface area (TPSA) is 134 Å². The second-order valence-electron chi connectivity index (χ2n) is 13.4. The minimum absolute atomic E-state index is 0.0622. The minimum Gasteiger partial charge on any atom is -0.370 e. The van der Waals surface area contributed by atoms with Crippen LogP contribution in [0.25, 0.3) is 11.1 Å². The molecule has 1 aliphatic heterocycles. The third-order valence-electron chi connectivity index (χ3n) is 9.89. The molecule has 1 saturated heterocycles. The summed E-state index contributed by atoms with van der Waals surface area (Å²) in [4.78, 5) is 54.3. The summed E-state index contributed by atoms with van der Waals surface area (Å²) >= 11 is 0. The zero-order valence-corrected chi connectivity index (χ0v) is 28.6. The van der Waals surface area contributed by atoms with Gasteiger partial charge in [0.05, 0.1) is 6.04 Å². The van der Waals surface area contributed by atoms with E-state index in [9.17, 15) is 32.3 Å². The first-order valence-electron chi connectivity index (χ1n) is 17.7.